The largest absolute Gasteiger partial charge is 0.493 e. The smallest absolute Gasteiger partial charge is 0.222 e. The number of hydrogen-bond acceptors (Lipinski definition) is 4. The van der Waals surface area contributed by atoms with E-state index in [1.54, 1.807) is 21.3 Å². The van der Waals surface area contributed by atoms with Crippen LogP contribution in [0.5, 0.6) is 11.5 Å². The normalized spacial score (nSPS) is 14.6. The molecule has 1 aromatic carbocycles. The minimum atomic E-state index is 0.193. The summed E-state index contributed by atoms with van der Waals surface area (Å²) in [5.41, 5.74) is 2.36. The maximum absolute atomic E-state index is 12.7. The predicted molar refractivity (Wildman–Crippen MR) is 126 cm³/mol. The summed E-state index contributed by atoms with van der Waals surface area (Å²) < 4.78 is 10.8. The molecule has 2 N–H and O–H groups in total. The Bertz CT molecular complexity index is 736. The van der Waals surface area contributed by atoms with Crippen molar-refractivity contribution >= 4 is 11.9 Å². The molecule has 1 atom stereocenters. The molecule has 174 valence electrons. The van der Waals surface area contributed by atoms with Crippen LogP contribution < -0.4 is 20.1 Å². The van der Waals surface area contributed by atoms with Crippen molar-refractivity contribution in [1.29, 1.82) is 0 Å². The number of benzene rings is 1. The van der Waals surface area contributed by atoms with Gasteiger partial charge in [0.2, 0.25) is 5.91 Å². The number of hydrogen-bond donors (Lipinski definition) is 2. The highest BCUT2D eigenvalue weighted by Crippen LogP contribution is 2.33. The molecule has 0 radical (unpaired) electrons. The van der Waals surface area contributed by atoms with Gasteiger partial charge in [-0.3, -0.25) is 9.79 Å². The summed E-state index contributed by atoms with van der Waals surface area (Å²) in [6.07, 6.45) is 7.01. The van der Waals surface area contributed by atoms with Crippen LogP contribution >= 0.6 is 0 Å². The third kappa shape index (κ3) is 7.64. The van der Waals surface area contributed by atoms with Gasteiger partial charge in [0.1, 0.15) is 0 Å². The van der Waals surface area contributed by atoms with Crippen molar-refractivity contribution in [1.82, 2.24) is 15.5 Å². The number of guanidine groups is 1. The summed E-state index contributed by atoms with van der Waals surface area (Å²) in [7, 11) is 5.07. The molecule has 0 fully saturated rings. The second-order valence-electron chi connectivity index (χ2n) is 8.18. The van der Waals surface area contributed by atoms with E-state index in [9.17, 15) is 4.79 Å². The highest BCUT2D eigenvalue weighted by molar-refractivity contribution is 5.80. The molecule has 1 amide bonds. The lowest BCUT2D eigenvalue weighted by atomic mass is 9.98. The van der Waals surface area contributed by atoms with Crippen molar-refractivity contribution in [3.8, 4) is 11.5 Å². The first-order chi connectivity index (χ1) is 15.0. The van der Waals surface area contributed by atoms with Crippen molar-refractivity contribution < 1.29 is 14.3 Å². The standard InChI is InChI=1S/C24H40N4O3/c1-6-7-8-10-18(2)27-24(25-3)26-13-9-11-23(29)28-14-12-19-15-21(30-4)22(31-5)16-20(19)17-28/h15-16,18H,6-14,17H2,1-5H3,(H2,25,26,27). The first-order valence-electron chi connectivity index (χ1n) is 11.5. The summed E-state index contributed by atoms with van der Waals surface area (Å²) in [5.74, 6) is 2.46. The van der Waals surface area contributed by atoms with Gasteiger partial charge >= 0.3 is 0 Å². The summed E-state index contributed by atoms with van der Waals surface area (Å²) in [6.45, 7) is 6.50. The third-order valence-electron chi connectivity index (χ3n) is 5.78. The summed E-state index contributed by atoms with van der Waals surface area (Å²) in [4.78, 5) is 19.0. The molecule has 0 spiro atoms. The Kier molecular flexibility index (Phi) is 10.5. The fraction of sp³-hybridized carbons (Fsp3) is 0.667. The van der Waals surface area contributed by atoms with Gasteiger partial charge in [-0.1, -0.05) is 26.2 Å². The molecule has 0 aliphatic carbocycles. The number of ether oxygens (including phenoxy) is 2. The first kappa shape index (κ1) is 24.8. The molecule has 1 aliphatic rings. The van der Waals surface area contributed by atoms with Crippen molar-refractivity contribution in [3.63, 3.8) is 0 Å². The van der Waals surface area contributed by atoms with Gasteiger partial charge in [0, 0.05) is 39.1 Å². The maximum atomic E-state index is 12.7. The van der Waals surface area contributed by atoms with Gasteiger partial charge in [-0.05, 0) is 49.4 Å². The number of aliphatic imine (C=N–C) groups is 1. The molecule has 0 saturated heterocycles. The summed E-state index contributed by atoms with van der Waals surface area (Å²) in [5, 5.41) is 6.76. The van der Waals surface area contributed by atoms with E-state index in [-0.39, 0.29) is 5.91 Å². The third-order valence-corrected chi connectivity index (χ3v) is 5.78. The Labute approximate surface area is 187 Å². The Hall–Kier alpha value is -2.44. The van der Waals surface area contributed by atoms with Gasteiger partial charge in [0.05, 0.1) is 14.2 Å². The molecule has 0 aromatic heterocycles. The minimum absolute atomic E-state index is 0.193. The lowest BCUT2D eigenvalue weighted by Gasteiger charge is -2.29. The number of amides is 1. The van der Waals surface area contributed by atoms with Gasteiger partial charge in [0.25, 0.3) is 0 Å². The van der Waals surface area contributed by atoms with Crippen LogP contribution in [0.1, 0.15) is 63.5 Å². The molecular formula is C24H40N4O3. The molecule has 2 rings (SSSR count). The Balaban J connectivity index is 1.75. The lowest BCUT2D eigenvalue weighted by molar-refractivity contribution is -0.132. The van der Waals surface area contributed by atoms with E-state index in [2.05, 4.69) is 29.5 Å². The van der Waals surface area contributed by atoms with E-state index in [0.717, 1.165) is 49.6 Å². The highest BCUT2D eigenvalue weighted by atomic mass is 16.5. The number of unbranched alkanes of at least 4 members (excludes halogenated alkanes) is 2. The van der Waals surface area contributed by atoms with Crippen molar-refractivity contribution in [3.05, 3.63) is 23.3 Å². The molecule has 7 nitrogen and oxygen atoms in total. The van der Waals surface area contributed by atoms with Crippen LogP contribution in [0.2, 0.25) is 0 Å². The average Bonchev–Trinajstić information content (AvgIpc) is 2.79. The lowest BCUT2D eigenvalue weighted by Crippen LogP contribution is -2.42. The molecule has 1 aliphatic heterocycles. The summed E-state index contributed by atoms with van der Waals surface area (Å²) >= 11 is 0. The quantitative estimate of drug-likeness (QED) is 0.318. The molecule has 0 bridgehead atoms. The van der Waals surface area contributed by atoms with Crippen LogP contribution in [-0.2, 0) is 17.8 Å². The van der Waals surface area contributed by atoms with Crippen molar-refractivity contribution in [2.75, 3.05) is 34.4 Å². The topological polar surface area (TPSA) is 75.2 Å². The molecular weight excluding hydrogens is 392 g/mol. The Morgan fingerprint density at radius 2 is 1.87 bits per heavy atom. The number of methoxy groups -OCH3 is 2. The number of carbonyl (C=O) groups excluding carboxylic acids is 1. The van der Waals surface area contributed by atoms with Crippen LogP contribution in [0.4, 0.5) is 0 Å². The number of nitrogens with one attached hydrogen (secondary N) is 2. The fourth-order valence-corrected chi connectivity index (χ4v) is 3.90. The molecule has 1 aromatic rings. The van der Waals surface area contributed by atoms with E-state index in [1.165, 1.54) is 24.8 Å². The van der Waals surface area contributed by atoms with E-state index in [0.29, 0.717) is 24.8 Å². The Morgan fingerprint density at radius 3 is 2.52 bits per heavy atom. The predicted octanol–water partition coefficient (Wildman–Crippen LogP) is 3.50. The second kappa shape index (κ2) is 13.1. The zero-order chi connectivity index (χ0) is 22.6. The minimum Gasteiger partial charge on any atom is -0.493 e. The van der Waals surface area contributed by atoms with Crippen LogP contribution in [0, 0.1) is 0 Å². The SMILES string of the molecule is CCCCCC(C)NC(=NC)NCCCC(=O)N1CCc2cc(OC)c(OC)cc2C1. The van der Waals surface area contributed by atoms with E-state index in [1.807, 2.05) is 17.0 Å². The maximum Gasteiger partial charge on any atom is 0.222 e. The van der Waals surface area contributed by atoms with E-state index in [4.69, 9.17) is 9.47 Å². The van der Waals surface area contributed by atoms with Crippen molar-refractivity contribution in [2.45, 2.75) is 71.4 Å². The van der Waals surface area contributed by atoms with Gasteiger partial charge in [-0.15, -0.1) is 0 Å². The summed E-state index contributed by atoms with van der Waals surface area (Å²) in [6, 6.07) is 4.41. The molecule has 1 unspecified atom stereocenters. The number of fused-ring (bicyclic) bond motifs is 1. The van der Waals surface area contributed by atoms with Crippen LogP contribution in [0.25, 0.3) is 0 Å². The van der Waals surface area contributed by atoms with Crippen LogP contribution in [-0.4, -0.2) is 57.2 Å². The van der Waals surface area contributed by atoms with Gasteiger partial charge < -0.3 is 25.0 Å². The van der Waals surface area contributed by atoms with Gasteiger partial charge in [-0.25, -0.2) is 0 Å². The first-order valence-corrected chi connectivity index (χ1v) is 11.5. The van der Waals surface area contributed by atoms with Crippen LogP contribution in [0.3, 0.4) is 0 Å². The number of rotatable bonds is 11. The Morgan fingerprint density at radius 1 is 1.16 bits per heavy atom. The number of nitrogens with zero attached hydrogens (tertiary/aromatic N) is 2. The molecule has 1 heterocycles. The molecule has 0 saturated carbocycles. The zero-order valence-electron chi connectivity index (χ0n) is 19.9. The van der Waals surface area contributed by atoms with Gasteiger partial charge in [0.15, 0.2) is 17.5 Å². The monoisotopic (exact) mass is 432 g/mol. The number of carbonyl (C=O) groups is 1. The molecule has 31 heavy (non-hydrogen) atoms. The van der Waals surface area contributed by atoms with E-state index < -0.39 is 0 Å². The second-order valence-corrected chi connectivity index (χ2v) is 8.18. The highest BCUT2D eigenvalue weighted by Gasteiger charge is 2.22. The molecule has 7 heteroatoms. The van der Waals surface area contributed by atoms with Crippen molar-refractivity contribution in [2.24, 2.45) is 4.99 Å². The zero-order valence-corrected chi connectivity index (χ0v) is 19.9. The van der Waals surface area contributed by atoms with Gasteiger partial charge in [-0.2, -0.15) is 0 Å². The van der Waals surface area contributed by atoms with E-state index >= 15 is 0 Å². The fourth-order valence-electron chi connectivity index (χ4n) is 3.90. The van der Waals surface area contributed by atoms with Crippen LogP contribution in [0.15, 0.2) is 17.1 Å². The average molecular weight is 433 g/mol.